The Morgan fingerprint density at radius 2 is 2.33 bits per heavy atom. The standard InChI is InChI=1S/C11H12N4O2S/c1-2-15-9(13-7-14-15)6-18-10-8(11(16)17)4-3-5-12-10/h3-5,7H,2,6H2,1H3,(H,16,17). The Bertz CT molecular complexity index is 555. The zero-order chi connectivity index (χ0) is 13.0. The Morgan fingerprint density at radius 3 is 3.06 bits per heavy atom. The monoisotopic (exact) mass is 264 g/mol. The maximum absolute atomic E-state index is 11.0. The molecule has 2 aromatic rings. The van der Waals surface area contributed by atoms with Crippen LogP contribution in [0, 0.1) is 0 Å². The zero-order valence-electron chi connectivity index (χ0n) is 9.78. The van der Waals surface area contributed by atoms with E-state index in [4.69, 9.17) is 5.11 Å². The van der Waals surface area contributed by atoms with E-state index in [-0.39, 0.29) is 5.56 Å². The van der Waals surface area contributed by atoms with E-state index in [1.54, 1.807) is 23.0 Å². The summed E-state index contributed by atoms with van der Waals surface area (Å²) in [5, 5.41) is 13.6. The molecule has 0 amide bonds. The summed E-state index contributed by atoms with van der Waals surface area (Å²) in [7, 11) is 0. The molecular weight excluding hydrogens is 252 g/mol. The highest BCUT2D eigenvalue weighted by atomic mass is 32.2. The van der Waals surface area contributed by atoms with Crippen LogP contribution in [0.5, 0.6) is 0 Å². The fraction of sp³-hybridized carbons (Fsp3) is 0.273. The van der Waals surface area contributed by atoms with Crippen molar-refractivity contribution in [1.82, 2.24) is 19.7 Å². The molecule has 0 saturated heterocycles. The maximum Gasteiger partial charge on any atom is 0.338 e. The average molecular weight is 264 g/mol. The van der Waals surface area contributed by atoms with Gasteiger partial charge in [0, 0.05) is 12.7 Å². The Morgan fingerprint density at radius 1 is 1.50 bits per heavy atom. The van der Waals surface area contributed by atoms with Crippen LogP contribution >= 0.6 is 11.8 Å². The van der Waals surface area contributed by atoms with E-state index < -0.39 is 5.97 Å². The molecule has 0 aliphatic heterocycles. The molecule has 2 heterocycles. The molecular formula is C11H12N4O2S. The van der Waals surface area contributed by atoms with Crippen LogP contribution in [0.15, 0.2) is 29.7 Å². The molecule has 0 radical (unpaired) electrons. The van der Waals surface area contributed by atoms with Crippen molar-refractivity contribution >= 4 is 17.7 Å². The minimum atomic E-state index is -0.970. The van der Waals surface area contributed by atoms with Crippen LogP contribution in [0.25, 0.3) is 0 Å². The van der Waals surface area contributed by atoms with Gasteiger partial charge in [0.2, 0.25) is 0 Å². The lowest BCUT2D eigenvalue weighted by atomic mass is 10.3. The summed E-state index contributed by atoms with van der Waals surface area (Å²) in [6.45, 7) is 2.72. The number of aryl methyl sites for hydroxylation is 1. The molecule has 0 spiro atoms. The van der Waals surface area contributed by atoms with Gasteiger partial charge in [0.05, 0.1) is 11.3 Å². The predicted octanol–water partition coefficient (Wildman–Crippen LogP) is 1.68. The molecule has 0 bridgehead atoms. The number of hydrogen-bond acceptors (Lipinski definition) is 5. The fourth-order valence-electron chi connectivity index (χ4n) is 1.47. The Kier molecular flexibility index (Phi) is 3.93. The van der Waals surface area contributed by atoms with Crippen LogP contribution in [-0.2, 0) is 12.3 Å². The number of carboxylic acids is 1. The summed E-state index contributed by atoms with van der Waals surface area (Å²) < 4.78 is 1.77. The van der Waals surface area contributed by atoms with Crippen molar-refractivity contribution in [3.63, 3.8) is 0 Å². The maximum atomic E-state index is 11.0. The lowest BCUT2D eigenvalue weighted by Crippen LogP contribution is -2.04. The van der Waals surface area contributed by atoms with E-state index in [0.29, 0.717) is 10.8 Å². The number of rotatable bonds is 5. The molecule has 0 unspecified atom stereocenters. The van der Waals surface area contributed by atoms with Crippen LogP contribution in [0.1, 0.15) is 23.1 Å². The third-order valence-corrected chi connectivity index (χ3v) is 3.34. The largest absolute Gasteiger partial charge is 0.478 e. The topological polar surface area (TPSA) is 80.9 Å². The number of hydrogen-bond donors (Lipinski definition) is 1. The number of carbonyl (C=O) groups is 1. The van der Waals surface area contributed by atoms with Crippen molar-refractivity contribution in [1.29, 1.82) is 0 Å². The summed E-state index contributed by atoms with van der Waals surface area (Å²) >= 11 is 1.35. The van der Waals surface area contributed by atoms with Gasteiger partial charge in [-0.1, -0.05) is 11.8 Å². The van der Waals surface area contributed by atoms with Gasteiger partial charge in [0.1, 0.15) is 17.2 Å². The summed E-state index contributed by atoms with van der Waals surface area (Å²) in [5.41, 5.74) is 0.213. The third-order valence-electron chi connectivity index (χ3n) is 2.33. The third kappa shape index (κ3) is 2.67. The van der Waals surface area contributed by atoms with Crippen LogP contribution in [0.4, 0.5) is 0 Å². The quantitative estimate of drug-likeness (QED) is 0.827. The van der Waals surface area contributed by atoms with Crippen molar-refractivity contribution in [3.8, 4) is 0 Å². The van der Waals surface area contributed by atoms with Gasteiger partial charge in [-0.05, 0) is 19.1 Å². The predicted molar refractivity (Wildman–Crippen MR) is 66.5 cm³/mol. The summed E-state index contributed by atoms with van der Waals surface area (Å²) in [5.74, 6) is 0.387. The van der Waals surface area contributed by atoms with E-state index in [2.05, 4.69) is 15.1 Å². The second-order valence-electron chi connectivity index (χ2n) is 3.44. The van der Waals surface area contributed by atoms with Gasteiger partial charge < -0.3 is 5.11 Å². The van der Waals surface area contributed by atoms with Gasteiger partial charge in [-0.15, -0.1) is 0 Å². The molecule has 1 N–H and O–H groups in total. The van der Waals surface area contributed by atoms with Gasteiger partial charge >= 0.3 is 5.97 Å². The van der Waals surface area contributed by atoms with Crippen molar-refractivity contribution < 1.29 is 9.90 Å². The fourth-order valence-corrected chi connectivity index (χ4v) is 2.40. The zero-order valence-corrected chi connectivity index (χ0v) is 10.6. The van der Waals surface area contributed by atoms with E-state index in [9.17, 15) is 4.79 Å². The first kappa shape index (κ1) is 12.6. The van der Waals surface area contributed by atoms with Crippen molar-refractivity contribution in [2.45, 2.75) is 24.2 Å². The molecule has 0 aliphatic carbocycles. The number of aromatic carboxylic acids is 1. The van der Waals surface area contributed by atoms with Gasteiger partial charge in [-0.2, -0.15) is 5.10 Å². The van der Waals surface area contributed by atoms with Crippen LogP contribution in [0.2, 0.25) is 0 Å². The molecule has 0 fully saturated rings. The molecule has 0 aliphatic rings. The van der Waals surface area contributed by atoms with Crippen molar-refractivity contribution in [2.75, 3.05) is 0 Å². The lowest BCUT2D eigenvalue weighted by Gasteiger charge is -2.04. The Balaban J connectivity index is 2.13. The SMILES string of the molecule is CCn1ncnc1CSc1ncccc1C(=O)O. The van der Waals surface area contributed by atoms with Gasteiger partial charge in [0.25, 0.3) is 0 Å². The number of nitrogens with zero attached hydrogens (tertiary/aromatic N) is 4. The first-order chi connectivity index (χ1) is 8.72. The lowest BCUT2D eigenvalue weighted by molar-refractivity contribution is 0.0692. The first-order valence-electron chi connectivity index (χ1n) is 5.40. The average Bonchev–Trinajstić information content (AvgIpc) is 2.84. The molecule has 7 heteroatoms. The van der Waals surface area contributed by atoms with Crippen molar-refractivity contribution in [3.05, 3.63) is 36.0 Å². The highest BCUT2D eigenvalue weighted by molar-refractivity contribution is 7.98. The van der Waals surface area contributed by atoms with E-state index in [0.717, 1.165) is 12.4 Å². The minimum Gasteiger partial charge on any atom is -0.478 e. The number of aromatic nitrogens is 4. The van der Waals surface area contributed by atoms with Crippen LogP contribution in [-0.4, -0.2) is 30.8 Å². The van der Waals surface area contributed by atoms with Gasteiger partial charge in [-0.3, -0.25) is 0 Å². The molecule has 0 atom stereocenters. The van der Waals surface area contributed by atoms with E-state index >= 15 is 0 Å². The molecule has 0 aromatic carbocycles. The molecule has 2 rings (SSSR count). The number of thioether (sulfide) groups is 1. The van der Waals surface area contributed by atoms with Gasteiger partial charge in [0.15, 0.2) is 0 Å². The summed E-state index contributed by atoms with van der Waals surface area (Å²) in [6, 6.07) is 3.16. The van der Waals surface area contributed by atoms with Crippen LogP contribution in [0.3, 0.4) is 0 Å². The molecule has 6 nitrogen and oxygen atoms in total. The first-order valence-corrected chi connectivity index (χ1v) is 6.38. The second kappa shape index (κ2) is 5.63. The van der Waals surface area contributed by atoms with E-state index in [1.807, 2.05) is 6.92 Å². The summed E-state index contributed by atoms with van der Waals surface area (Å²) in [4.78, 5) is 19.2. The Labute approximate surface area is 108 Å². The molecule has 2 aromatic heterocycles. The van der Waals surface area contributed by atoms with Crippen molar-refractivity contribution in [2.24, 2.45) is 0 Å². The van der Waals surface area contributed by atoms with E-state index in [1.165, 1.54) is 18.1 Å². The highest BCUT2D eigenvalue weighted by Crippen LogP contribution is 2.23. The number of carboxylic acid groups (broad SMARTS) is 1. The normalized spacial score (nSPS) is 10.5. The molecule has 18 heavy (non-hydrogen) atoms. The van der Waals surface area contributed by atoms with Crippen LogP contribution < -0.4 is 0 Å². The molecule has 0 saturated carbocycles. The second-order valence-corrected chi connectivity index (χ2v) is 4.41. The minimum absolute atomic E-state index is 0.213. The molecule has 94 valence electrons. The highest BCUT2D eigenvalue weighted by Gasteiger charge is 2.12. The number of pyridine rings is 1. The van der Waals surface area contributed by atoms with Gasteiger partial charge in [-0.25, -0.2) is 19.4 Å². The summed E-state index contributed by atoms with van der Waals surface area (Å²) in [6.07, 6.45) is 3.08. The Hall–Kier alpha value is -1.89. The smallest absolute Gasteiger partial charge is 0.338 e.